The summed E-state index contributed by atoms with van der Waals surface area (Å²) in [5.74, 6) is 0.215. The highest BCUT2D eigenvalue weighted by atomic mass is 35.5. The molecule has 0 aliphatic heterocycles. The van der Waals surface area contributed by atoms with Crippen LogP contribution < -0.4 is 15.2 Å². The van der Waals surface area contributed by atoms with Crippen LogP contribution in [0.25, 0.3) is 0 Å². The van der Waals surface area contributed by atoms with Crippen molar-refractivity contribution in [1.29, 1.82) is 0 Å². The van der Waals surface area contributed by atoms with Gasteiger partial charge in [-0.15, -0.1) is 12.4 Å². The van der Waals surface area contributed by atoms with E-state index < -0.39 is 20.0 Å². The number of rotatable bonds is 9. The molecule has 0 bridgehead atoms. The van der Waals surface area contributed by atoms with Gasteiger partial charge in [-0.2, -0.15) is 0 Å². The molecule has 7 nitrogen and oxygen atoms in total. The van der Waals surface area contributed by atoms with Gasteiger partial charge in [-0.05, 0) is 56.0 Å². The molecule has 2 rings (SSSR count). The van der Waals surface area contributed by atoms with Gasteiger partial charge in [0.1, 0.15) is 0 Å². The molecule has 1 aliphatic carbocycles. The summed E-state index contributed by atoms with van der Waals surface area (Å²) in [6, 6.07) is 5.61. The zero-order chi connectivity index (χ0) is 18.5. The van der Waals surface area contributed by atoms with Crippen molar-refractivity contribution >= 4 is 38.1 Å². The van der Waals surface area contributed by atoms with Gasteiger partial charge in [-0.3, -0.25) is 4.72 Å². The number of anilines is 1. The molecule has 0 spiro atoms. The minimum Gasteiger partial charge on any atom is -0.330 e. The van der Waals surface area contributed by atoms with E-state index in [-0.39, 0.29) is 35.0 Å². The van der Waals surface area contributed by atoms with Crippen molar-refractivity contribution in [1.82, 2.24) is 4.72 Å². The minimum atomic E-state index is -3.64. The number of benzene rings is 1. The van der Waals surface area contributed by atoms with Crippen LogP contribution in [0.4, 0.5) is 5.69 Å². The van der Waals surface area contributed by atoms with Gasteiger partial charge in [-0.25, -0.2) is 21.6 Å². The average Bonchev–Trinajstić information content (AvgIpc) is 2.99. The van der Waals surface area contributed by atoms with Gasteiger partial charge in [-0.1, -0.05) is 19.8 Å². The maximum Gasteiger partial charge on any atom is 0.240 e. The molecular formula is C16H28ClN3O4S2. The second-order valence-electron chi connectivity index (χ2n) is 6.45. The zero-order valence-electron chi connectivity index (χ0n) is 14.8. The molecule has 10 heteroatoms. The van der Waals surface area contributed by atoms with Crippen LogP contribution in [0.1, 0.15) is 39.0 Å². The molecule has 1 aliphatic rings. The fourth-order valence-electron chi connectivity index (χ4n) is 3.01. The molecule has 150 valence electrons. The first-order valence-electron chi connectivity index (χ1n) is 8.60. The molecule has 1 aromatic rings. The third-order valence-electron chi connectivity index (χ3n) is 4.47. The van der Waals surface area contributed by atoms with Crippen molar-refractivity contribution in [2.24, 2.45) is 11.7 Å². The van der Waals surface area contributed by atoms with E-state index in [1.807, 2.05) is 6.92 Å². The fourth-order valence-corrected chi connectivity index (χ4v) is 5.61. The lowest BCUT2D eigenvalue weighted by molar-refractivity contribution is 0.453. The molecule has 4 N–H and O–H groups in total. The Hall–Kier alpha value is -0.870. The molecule has 0 aromatic heterocycles. The first-order chi connectivity index (χ1) is 11.8. The molecule has 2 unspecified atom stereocenters. The smallest absolute Gasteiger partial charge is 0.240 e. The Morgan fingerprint density at radius 1 is 1.12 bits per heavy atom. The number of nitrogens with two attached hydrogens (primary N) is 1. The van der Waals surface area contributed by atoms with Crippen molar-refractivity contribution in [2.75, 3.05) is 17.0 Å². The quantitative estimate of drug-likeness (QED) is 0.559. The molecule has 26 heavy (non-hydrogen) atoms. The highest BCUT2D eigenvalue weighted by molar-refractivity contribution is 7.92. The number of hydrogen-bond acceptors (Lipinski definition) is 5. The van der Waals surface area contributed by atoms with Gasteiger partial charge in [0.25, 0.3) is 0 Å². The SMILES string of the molecule is CCCCS(=O)(=O)Nc1ccc(S(=O)(=O)NC2CCCC2CN)cc1.Cl. The molecule has 0 saturated heterocycles. The molecule has 1 saturated carbocycles. The van der Waals surface area contributed by atoms with E-state index in [1.165, 1.54) is 24.3 Å². The number of unbranched alkanes of at least 4 members (excludes halogenated alkanes) is 1. The van der Waals surface area contributed by atoms with Crippen molar-refractivity contribution in [3.05, 3.63) is 24.3 Å². The summed E-state index contributed by atoms with van der Waals surface area (Å²) < 4.78 is 53.9. The first-order valence-corrected chi connectivity index (χ1v) is 11.7. The minimum absolute atomic E-state index is 0. The van der Waals surface area contributed by atoms with E-state index in [0.717, 1.165) is 25.7 Å². The van der Waals surface area contributed by atoms with Gasteiger partial charge < -0.3 is 5.73 Å². The Balaban J connectivity index is 0.00000338. The van der Waals surface area contributed by atoms with Gasteiger partial charge in [0.15, 0.2) is 0 Å². The summed E-state index contributed by atoms with van der Waals surface area (Å²) in [6.07, 6.45) is 4.05. The van der Waals surface area contributed by atoms with E-state index in [4.69, 9.17) is 5.73 Å². The largest absolute Gasteiger partial charge is 0.330 e. The predicted molar refractivity (Wildman–Crippen MR) is 107 cm³/mol. The Labute approximate surface area is 162 Å². The Bertz CT molecular complexity index is 767. The molecule has 0 heterocycles. The van der Waals surface area contributed by atoms with Crippen LogP contribution in [0.3, 0.4) is 0 Å². The summed E-state index contributed by atoms with van der Waals surface area (Å²) in [5.41, 5.74) is 6.05. The highest BCUT2D eigenvalue weighted by Crippen LogP contribution is 2.26. The van der Waals surface area contributed by atoms with E-state index in [0.29, 0.717) is 18.7 Å². The highest BCUT2D eigenvalue weighted by Gasteiger charge is 2.30. The van der Waals surface area contributed by atoms with Crippen molar-refractivity contribution in [3.63, 3.8) is 0 Å². The van der Waals surface area contributed by atoms with Gasteiger partial charge in [0, 0.05) is 11.7 Å². The van der Waals surface area contributed by atoms with E-state index in [9.17, 15) is 16.8 Å². The normalized spacial score (nSPS) is 20.5. The van der Waals surface area contributed by atoms with Crippen LogP contribution in [0, 0.1) is 5.92 Å². The Kier molecular flexibility index (Phi) is 8.81. The van der Waals surface area contributed by atoms with Crippen LogP contribution in [-0.4, -0.2) is 35.2 Å². The molecule has 2 atom stereocenters. The van der Waals surface area contributed by atoms with Gasteiger partial charge >= 0.3 is 0 Å². The van der Waals surface area contributed by atoms with E-state index in [2.05, 4.69) is 9.44 Å². The molecule has 1 aromatic carbocycles. The van der Waals surface area contributed by atoms with Crippen LogP contribution in [-0.2, 0) is 20.0 Å². The molecular weight excluding hydrogens is 398 g/mol. The maximum absolute atomic E-state index is 12.5. The van der Waals surface area contributed by atoms with Gasteiger partial charge in [0.05, 0.1) is 10.6 Å². The topological polar surface area (TPSA) is 118 Å². The zero-order valence-corrected chi connectivity index (χ0v) is 17.3. The molecule has 0 amide bonds. The standard InChI is InChI=1S/C16H27N3O4S2.ClH/c1-2-3-11-24(20,21)18-14-7-9-15(10-8-14)25(22,23)19-16-6-4-5-13(16)12-17;/h7-10,13,16,18-19H,2-6,11-12,17H2,1H3;1H. The number of sulfonamides is 2. The third-order valence-corrected chi connectivity index (χ3v) is 7.35. The summed E-state index contributed by atoms with van der Waals surface area (Å²) in [7, 11) is -7.05. The number of hydrogen-bond donors (Lipinski definition) is 3. The van der Waals surface area contributed by atoms with Crippen molar-refractivity contribution < 1.29 is 16.8 Å². The summed E-state index contributed by atoms with van der Waals surface area (Å²) in [4.78, 5) is 0.117. The fraction of sp³-hybridized carbons (Fsp3) is 0.625. The van der Waals surface area contributed by atoms with Crippen molar-refractivity contribution in [2.45, 2.75) is 50.0 Å². The number of nitrogens with one attached hydrogen (secondary N) is 2. The predicted octanol–water partition coefficient (Wildman–Crippen LogP) is 2.06. The lowest BCUT2D eigenvalue weighted by atomic mass is 10.1. The van der Waals surface area contributed by atoms with Gasteiger partial charge in [0.2, 0.25) is 20.0 Å². The molecule has 0 radical (unpaired) electrons. The van der Waals surface area contributed by atoms with E-state index in [1.54, 1.807) is 0 Å². The summed E-state index contributed by atoms with van der Waals surface area (Å²) in [6.45, 7) is 2.38. The second-order valence-corrected chi connectivity index (χ2v) is 10.0. The third kappa shape index (κ3) is 6.38. The van der Waals surface area contributed by atoms with Crippen LogP contribution >= 0.6 is 12.4 Å². The van der Waals surface area contributed by atoms with Crippen LogP contribution in [0.5, 0.6) is 0 Å². The maximum atomic E-state index is 12.5. The van der Waals surface area contributed by atoms with Crippen LogP contribution in [0.2, 0.25) is 0 Å². The van der Waals surface area contributed by atoms with E-state index >= 15 is 0 Å². The Morgan fingerprint density at radius 3 is 2.35 bits per heavy atom. The first kappa shape index (κ1) is 23.2. The van der Waals surface area contributed by atoms with Crippen molar-refractivity contribution in [3.8, 4) is 0 Å². The Morgan fingerprint density at radius 2 is 1.77 bits per heavy atom. The van der Waals surface area contributed by atoms with Crippen LogP contribution in [0.15, 0.2) is 29.2 Å². The summed E-state index contributed by atoms with van der Waals surface area (Å²) >= 11 is 0. The lowest BCUT2D eigenvalue weighted by Crippen LogP contribution is -2.39. The number of halogens is 1. The average molecular weight is 426 g/mol. The summed E-state index contributed by atoms with van der Waals surface area (Å²) in [5, 5.41) is 0. The lowest BCUT2D eigenvalue weighted by Gasteiger charge is -2.19. The monoisotopic (exact) mass is 425 g/mol. The molecule has 1 fully saturated rings. The second kappa shape index (κ2) is 9.89.